The number of benzene rings is 1. The minimum atomic E-state index is -0.538. The van der Waals surface area contributed by atoms with Crippen molar-refractivity contribution in [1.29, 1.82) is 0 Å². The number of imidazole rings is 1. The Morgan fingerprint density at radius 1 is 1.10 bits per heavy atom. The molecule has 0 aliphatic carbocycles. The van der Waals surface area contributed by atoms with Crippen molar-refractivity contribution >= 4 is 23.1 Å². The molecule has 2 amide bonds. The zero-order chi connectivity index (χ0) is 20.4. The van der Waals surface area contributed by atoms with Crippen molar-refractivity contribution in [2.24, 2.45) is 5.73 Å². The normalized spacial score (nSPS) is 10.7. The molecule has 0 radical (unpaired) electrons. The van der Waals surface area contributed by atoms with Gasteiger partial charge in [-0.05, 0) is 43.3 Å². The second-order valence-electron chi connectivity index (χ2n) is 6.35. The number of aryl methyl sites for hydroxylation is 1. The van der Waals surface area contributed by atoms with Gasteiger partial charge in [0.15, 0.2) is 0 Å². The molecule has 8 nitrogen and oxygen atoms in total. The molecule has 0 bridgehead atoms. The van der Waals surface area contributed by atoms with Crippen LogP contribution < -0.4 is 15.8 Å². The number of nitrogens with zero attached hydrogens (tertiary/aromatic N) is 3. The van der Waals surface area contributed by atoms with Crippen LogP contribution in [0.3, 0.4) is 0 Å². The molecule has 4 aromatic rings. The van der Waals surface area contributed by atoms with Crippen molar-refractivity contribution in [3.05, 3.63) is 83.9 Å². The number of nitrogens with two attached hydrogens (primary N) is 1. The summed E-state index contributed by atoms with van der Waals surface area (Å²) in [5, 5.41) is 2.76. The largest absolute Gasteiger partial charge is 0.439 e. The van der Waals surface area contributed by atoms with Crippen molar-refractivity contribution < 1.29 is 14.3 Å². The van der Waals surface area contributed by atoms with Crippen molar-refractivity contribution in [1.82, 2.24) is 14.4 Å². The van der Waals surface area contributed by atoms with Gasteiger partial charge in [0, 0.05) is 23.5 Å². The molecule has 0 aliphatic heterocycles. The standard InChI is InChI=1S/C21H17N5O3/c1-13-4-2-7-18-25-17(12-26(13)18)21(28)24-15-8-9-19(23-11-15)29-16-6-3-5-14(10-16)20(22)27/h2-12H,1H3,(H2,22,27)(H,24,28). The first kappa shape index (κ1) is 18.2. The molecule has 0 aliphatic rings. The Kier molecular flexibility index (Phi) is 4.66. The summed E-state index contributed by atoms with van der Waals surface area (Å²) in [7, 11) is 0. The van der Waals surface area contributed by atoms with E-state index in [9.17, 15) is 9.59 Å². The maximum atomic E-state index is 12.5. The number of pyridine rings is 2. The van der Waals surface area contributed by atoms with E-state index in [0.717, 1.165) is 5.69 Å². The lowest BCUT2D eigenvalue weighted by molar-refractivity contribution is 0.0997. The van der Waals surface area contributed by atoms with Crippen LogP contribution in [0.4, 0.5) is 5.69 Å². The molecule has 144 valence electrons. The highest BCUT2D eigenvalue weighted by Crippen LogP contribution is 2.21. The number of ether oxygens (including phenoxy) is 1. The summed E-state index contributed by atoms with van der Waals surface area (Å²) >= 11 is 0. The first-order chi connectivity index (χ1) is 14.0. The Morgan fingerprint density at radius 3 is 2.66 bits per heavy atom. The smallest absolute Gasteiger partial charge is 0.275 e. The zero-order valence-electron chi connectivity index (χ0n) is 15.5. The number of aromatic nitrogens is 3. The van der Waals surface area contributed by atoms with E-state index < -0.39 is 5.91 Å². The lowest BCUT2D eigenvalue weighted by atomic mass is 10.2. The molecule has 1 aromatic carbocycles. The van der Waals surface area contributed by atoms with Crippen LogP contribution in [0.15, 0.2) is 67.0 Å². The van der Waals surface area contributed by atoms with E-state index in [1.165, 1.54) is 12.3 Å². The second-order valence-corrected chi connectivity index (χ2v) is 6.35. The molecule has 29 heavy (non-hydrogen) atoms. The highest BCUT2D eigenvalue weighted by atomic mass is 16.5. The van der Waals surface area contributed by atoms with E-state index in [2.05, 4.69) is 15.3 Å². The minimum Gasteiger partial charge on any atom is -0.439 e. The molecule has 0 unspecified atom stereocenters. The Morgan fingerprint density at radius 2 is 1.93 bits per heavy atom. The molecular formula is C21H17N5O3. The number of hydrogen-bond acceptors (Lipinski definition) is 5. The van der Waals surface area contributed by atoms with Gasteiger partial charge in [0.2, 0.25) is 11.8 Å². The van der Waals surface area contributed by atoms with Crippen LogP contribution in [0, 0.1) is 6.92 Å². The summed E-state index contributed by atoms with van der Waals surface area (Å²) in [6.07, 6.45) is 3.17. The van der Waals surface area contributed by atoms with Crippen molar-refractivity contribution in [2.45, 2.75) is 6.92 Å². The third kappa shape index (κ3) is 3.91. The lowest BCUT2D eigenvalue weighted by Crippen LogP contribution is -2.12. The van der Waals surface area contributed by atoms with Crippen LogP contribution in [-0.2, 0) is 0 Å². The third-order valence-corrected chi connectivity index (χ3v) is 4.26. The number of carbonyl (C=O) groups excluding carboxylic acids is 2. The van der Waals surface area contributed by atoms with Gasteiger partial charge in [0.1, 0.15) is 17.1 Å². The van der Waals surface area contributed by atoms with Gasteiger partial charge < -0.3 is 20.2 Å². The van der Waals surface area contributed by atoms with Gasteiger partial charge in [-0.15, -0.1) is 0 Å². The minimum absolute atomic E-state index is 0.308. The third-order valence-electron chi connectivity index (χ3n) is 4.26. The van der Waals surface area contributed by atoms with Gasteiger partial charge in [0.25, 0.3) is 5.91 Å². The number of primary amides is 1. The Labute approximate surface area is 166 Å². The molecule has 0 atom stereocenters. The Hall–Kier alpha value is -4.20. The summed E-state index contributed by atoms with van der Waals surface area (Å²) in [4.78, 5) is 32.2. The topological polar surface area (TPSA) is 112 Å². The molecule has 8 heteroatoms. The molecule has 0 saturated heterocycles. The van der Waals surface area contributed by atoms with Crippen LogP contribution >= 0.6 is 0 Å². The first-order valence-electron chi connectivity index (χ1n) is 8.79. The molecule has 3 heterocycles. The second kappa shape index (κ2) is 7.43. The summed E-state index contributed by atoms with van der Waals surface area (Å²) in [6.45, 7) is 1.94. The summed E-state index contributed by atoms with van der Waals surface area (Å²) in [6, 6.07) is 15.4. The van der Waals surface area contributed by atoms with Crippen molar-refractivity contribution in [3.63, 3.8) is 0 Å². The molecule has 3 N–H and O–H groups in total. The van der Waals surface area contributed by atoms with E-state index in [1.54, 1.807) is 36.5 Å². The summed E-state index contributed by atoms with van der Waals surface area (Å²) in [5.41, 5.74) is 8.11. The fraction of sp³-hybridized carbons (Fsp3) is 0.0476. The Bertz CT molecular complexity index is 1210. The number of hydrogen-bond donors (Lipinski definition) is 2. The summed E-state index contributed by atoms with van der Waals surface area (Å²) in [5.74, 6) is -0.125. The van der Waals surface area contributed by atoms with E-state index in [0.29, 0.717) is 34.2 Å². The van der Waals surface area contributed by atoms with Gasteiger partial charge in [-0.1, -0.05) is 12.1 Å². The lowest BCUT2D eigenvalue weighted by Gasteiger charge is -2.07. The van der Waals surface area contributed by atoms with E-state index in [1.807, 2.05) is 29.5 Å². The number of nitrogens with one attached hydrogen (secondary N) is 1. The van der Waals surface area contributed by atoms with Gasteiger partial charge in [-0.2, -0.15) is 0 Å². The molecule has 0 fully saturated rings. The van der Waals surface area contributed by atoms with Crippen LogP contribution in [-0.4, -0.2) is 26.2 Å². The van der Waals surface area contributed by atoms with Crippen molar-refractivity contribution in [2.75, 3.05) is 5.32 Å². The fourth-order valence-electron chi connectivity index (χ4n) is 2.80. The number of carbonyl (C=O) groups is 2. The maximum Gasteiger partial charge on any atom is 0.275 e. The van der Waals surface area contributed by atoms with Crippen LogP contribution in [0.5, 0.6) is 11.6 Å². The van der Waals surface area contributed by atoms with E-state index in [4.69, 9.17) is 10.5 Å². The number of anilines is 1. The highest BCUT2D eigenvalue weighted by molar-refractivity contribution is 6.03. The zero-order valence-corrected chi connectivity index (χ0v) is 15.5. The molecular weight excluding hydrogens is 370 g/mol. The van der Waals surface area contributed by atoms with E-state index in [-0.39, 0.29) is 5.91 Å². The van der Waals surface area contributed by atoms with Gasteiger partial charge in [-0.3, -0.25) is 9.59 Å². The highest BCUT2D eigenvalue weighted by Gasteiger charge is 2.12. The molecule has 0 spiro atoms. The average Bonchev–Trinajstić information content (AvgIpc) is 3.16. The van der Waals surface area contributed by atoms with Crippen molar-refractivity contribution in [3.8, 4) is 11.6 Å². The fourth-order valence-corrected chi connectivity index (χ4v) is 2.80. The predicted octanol–water partition coefficient (Wildman–Crippen LogP) is 3.18. The van der Waals surface area contributed by atoms with Gasteiger partial charge in [-0.25, -0.2) is 9.97 Å². The number of amides is 2. The van der Waals surface area contributed by atoms with Crippen LogP contribution in [0.25, 0.3) is 5.65 Å². The van der Waals surface area contributed by atoms with Crippen LogP contribution in [0.1, 0.15) is 26.5 Å². The predicted molar refractivity (Wildman–Crippen MR) is 107 cm³/mol. The first-order valence-corrected chi connectivity index (χ1v) is 8.79. The number of rotatable bonds is 5. The SMILES string of the molecule is Cc1cccc2nc(C(=O)Nc3ccc(Oc4cccc(C(N)=O)c4)nc3)cn12. The quantitative estimate of drug-likeness (QED) is 0.546. The molecule has 4 rings (SSSR count). The molecule has 3 aromatic heterocycles. The van der Waals surface area contributed by atoms with Gasteiger partial charge >= 0.3 is 0 Å². The summed E-state index contributed by atoms with van der Waals surface area (Å²) < 4.78 is 7.47. The van der Waals surface area contributed by atoms with E-state index >= 15 is 0 Å². The number of fused-ring (bicyclic) bond motifs is 1. The monoisotopic (exact) mass is 387 g/mol. The van der Waals surface area contributed by atoms with Crippen LogP contribution in [0.2, 0.25) is 0 Å². The average molecular weight is 387 g/mol. The molecule has 0 saturated carbocycles. The van der Waals surface area contributed by atoms with Gasteiger partial charge in [0.05, 0.1) is 11.9 Å². The Balaban J connectivity index is 1.46. The maximum absolute atomic E-state index is 12.5.